The van der Waals surface area contributed by atoms with Crippen LogP contribution in [-0.4, -0.2) is 26.4 Å². The maximum absolute atomic E-state index is 6.98. The second-order valence-electron chi connectivity index (χ2n) is 17.3. The van der Waals surface area contributed by atoms with Crippen LogP contribution in [0, 0.1) is 0 Å². The zero-order valence-electron chi connectivity index (χ0n) is 38.6. The molecule has 4 heteroatoms. The smallest absolute Gasteiger partial charge is 0.142 e. The van der Waals surface area contributed by atoms with Gasteiger partial charge in [0.25, 0.3) is 0 Å². The lowest BCUT2D eigenvalue weighted by Crippen LogP contribution is -2.06. The highest BCUT2D eigenvalue weighted by atomic mass is 16.5. The highest BCUT2D eigenvalue weighted by Gasteiger charge is 2.23. The maximum atomic E-state index is 6.98. The van der Waals surface area contributed by atoms with Gasteiger partial charge in [0.05, 0.1) is 37.2 Å². The van der Waals surface area contributed by atoms with E-state index in [2.05, 4.69) is 64.1 Å². The Morgan fingerprint density at radius 3 is 0.845 bits per heavy atom. The van der Waals surface area contributed by atoms with Gasteiger partial charge in [-0.1, -0.05) is 232 Å². The van der Waals surface area contributed by atoms with Crippen molar-refractivity contribution in [2.75, 3.05) is 26.4 Å². The summed E-state index contributed by atoms with van der Waals surface area (Å²) in [6.07, 6.45) is 41.1. The first-order valence-corrected chi connectivity index (χ1v) is 25.3. The van der Waals surface area contributed by atoms with Crippen molar-refractivity contribution in [2.45, 2.75) is 233 Å². The van der Waals surface area contributed by atoms with Crippen molar-refractivity contribution >= 4 is 21.5 Å². The van der Waals surface area contributed by atoms with E-state index in [0.29, 0.717) is 26.4 Å². The fourth-order valence-corrected chi connectivity index (χ4v) is 8.38. The topological polar surface area (TPSA) is 36.9 Å². The minimum absolute atomic E-state index is 0.691. The molecule has 4 nitrogen and oxygen atoms in total. The summed E-state index contributed by atoms with van der Waals surface area (Å²) in [4.78, 5) is 0. The van der Waals surface area contributed by atoms with E-state index in [0.717, 1.165) is 70.2 Å². The van der Waals surface area contributed by atoms with Crippen LogP contribution >= 0.6 is 0 Å². The molecule has 0 radical (unpaired) electrons. The summed E-state index contributed by atoms with van der Waals surface area (Å²) in [5, 5.41) is 4.27. The molecule has 58 heavy (non-hydrogen) atoms. The molecule has 330 valence electrons. The summed E-state index contributed by atoms with van der Waals surface area (Å²) in [7, 11) is 0. The molecule has 0 unspecified atom stereocenters. The van der Waals surface area contributed by atoms with Crippen molar-refractivity contribution in [1.29, 1.82) is 0 Å². The monoisotopic (exact) mass is 803 g/mol. The molecule has 0 fully saturated rings. The first-order valence-electron chi connectivity index (χ1n) is 25.3. The third-order valence-electron chi connectivity index (χ3n) is 12.0. The minimum atomic E-state index is 0.691. The summed E-state index contributed by atoms with van der Waals surface area (Å²) in [6, 6.07) is 13.0. The molecule has 0 aliphatic carbocycles. The number of fused-ring (bicyclic) bond motifs is 2. The van der Waals surface area contributed by atoms with Crippen molar-refractivity contribution in [3.8, 4) is 23.0 Å². The summed E-state index contributed by atoms with van der Waals surface area (Å²) in [6.45, 7) is 12.0. The largest absolute Gasteiger partial charge is 0.493 e. The van der Waals surface area contributed by atoms with E-state index in [1.807, 2.05) is 0 Å². The van der Waals surface area contributed by atoms with Gasteiger partial charge in [-0.05, 0) is 37.8 Å². The summed E-state index contributed by atoms with van der Waals surface area (Å²) in [5.74, 6) is 3.67. The molecular formula is C54H90O4. The van der Waals surface area contributed by atoms with Crippen LogP contribution in [0.2, 0.25) is 0 Å². The van der Waals surface area contributed by atoms with Crippen molar-refractivity contribution in [1.82, 2.24) is 0 Å². The molecule has 0 aliphatic rings. The second kappa shape index (κ2) is 34.1. The Morgan fingerprint density at radius 1 is 0.276 bits per heavy atom. The normalized spacial score (nSPS) is 11.5. The van der Waals surface area contributed by atoms with E-state index < -0.39 is 0 Å². The molecule has 3 aromatic carbocycles. The third-order valence-corrected chi connectivity index (χ3v) is 12.0. The van der Waals surface area contributed by atoms with Gasteiger partial charge in [0.2, 0.25) is 0 Å². The van der Waals surface area contributed by atoms with E-state index in [-0.39, 0.29) is 0 Å². The summed E-state index contributed by atoms with van der Waals surface area (Å²) < 4.78 is 27.3. The first kappa shape index (κ1) is 49.7. The zero-order chi connectivity index (χ0) is 41.1. The molecule has 0 atom stereocenters. The van der Waals surface area contributed by atoms with Gasteiger partial charge in [-0.25, -0.2) is 0 Å². The van der Waals surface area contributed by atoms with Gasteiger partial charge in [0, 0.05) is 10.8 Å². The molecule has 0 spiro atoms. The lowest BCUT2D eigenvalue weighted by molar-refractivity contribution is 0.292. The molecule has 0 bridgehead atoms. The van der Waals surface area contributed by atoms with Gasteiger partial charge in [0.1, 0.15) is 23.0 Å². The van der Waals surface area contributed by atoms with E-state index in [1.165, 1.54) is 180 Å². The van der Waals surface area contributed by atoms with E-state index in [1.54, 1.807) is 0 Å². The Kier molecular flexibility index (Phi) is 29.3. The lowest BCUT2D eigenvalue weighted by Gasteiger charge is -2.22. The fourth-order valence-electron chi connectivity index (χ4n) is 8.38. The second-order valence-corrected chi connectivity index (χ2v) is 17.3. The number of benzene rings is 3. The first-order chi connectivity index (χ1) is 28.8. The number of ether oxygens (including phenoxy) is 4. The van der Waals surface area contributed by atoms with Crippen LogP contribution in [0.15, 0.2) is 36.4 Å². The predicted octanol–water partition coefficient (Wildman–Crippen LogP) is 18.1. The van der Waals surface area contributed by atoms with Gasteiger partial charge < -0.3 is 18.9 Å². The summed E-state index contributed by atoms with van der Waals surface area (Å²) in [5.41, 5.74) is 0. The average molecular weight is 803 g/mol. The van der Waals surface area contributed by atoms with Crippen molar-refractivity contribution in [3.05, 3.63) is 36.4 Å². The fraction of sp³-hybridized carbons (Fsp3) is 0.741. The average Bonchev–Trinajstić information content (AvgIpc) is 3.24. The Bertz CT molecular complexity index is 1330. The van der Waals surface area contributed by atoms with Gasteiger partial charge in [-0.2, -0.15) is 0 Å². The molecule has 3 rings (SSSR count). The minimum Gasteiger partial charge on any atom is -0.493 e. The van der Waals surface area contributed by atoms with E-state index in [4.69, 9.17) is 18.9 Å². The van der Waals surface area contributed by atoms with Crippen molar-refractivity contribution in [2.24, 2.45) is 0 Å². The molecule has 0 aromatic heterocycles. The van der Waals surface area contributed by atoms with Crippen LogP contribution in [0.3, 0.4) is 0 Å². The number of hydrogen-bond acceptors (Lipinski definition) is 4. The predicted molar refractivity (Wildman–Crippen MR) is 254 cm³/mol. The molecule has 0 aliphatic heterocycles. The Morgan fingerprint density at radius 2 is 0.534 bits per heavy atom. The summed E-state index contributed by atoms with van der Waals surface area (Å²) >= 11 is 0. The Labute approximate surface area is 358 Å². The highest BCUT2D eigenvalue weighted by Crippen LogP contribution is 2.49. The number of unbranched alkanes of at least 4 members (excludes halogenated alkanes) is 28. The van der Waals surface area contributed by atoms with E-state index >= 15 is 0 Å². The number of hydrogen-bond donors (Lipinski definition) is 0. The van der Waals surface area contributed by atoms with Gasteiger partial charge in [-0.15, -0.1) is 0 Å². The maximum Gasteiger partial charge on any atom is 0.142 e. The molecule has 0 heterocycles. The molecule has 0 saturated heterocycles. The molecule has 0 saturated carbocycles. The molecular weight excluding hydrogens is 713 g/mol. The van der Waals surface area contributed by atoms with Gasteiger partial charge >= 0.3 is 0 Å². The van der Waals surface area contributed by atoms with Gasteiger partial charge in [0.15, 0.2) is 0 Å². The standard InChI is InChI=1S/C54H90O4/c1-5-9-13-17-21-25-29-33-43-55-49-41-37-39-47-51(49)54(58-46-36-32-28-24-20-16-12-8-4)52-48(53(47)57-45-35-31-27-23-19-15-11-7-3)40-38-42-50(52)56-44-34-30-26-22-18-14-10-6-2/h37-42H,5-36,43-46H2,1-4H3. The van der Waals surface area contributed by atoms with Crippen LogP contribution in [0.4, 0.5) is 0 Å². The third kappa shape index (κ3) is 20.1. The Hall–Kier alpha value is -2.62. The molecule has 3 aromatic rings. The van der Waals surface area contributed by atoms with Crippen molar-refractivity contribution in [3.63, 3.8) is 0 Å². The van der Waals surface area contributed by atoms with Crippen LogP contribution < -0.4 is 18.9 Å². The lowest BCUT2D eigenvalue weighted by atomic mass is 9.98. The van der Waals surface area contributed by atoms with Crippen LogP contribution in [0.5, 0.6) is 23.0 Å². The zero-order valence-corrected chi connectivity index (χ0v) is 38.6. The quantitative estimate of drug-likeness (QED) is 0.0424. The molecule has 0 N–H and O–H groups in total. The Balaban J connectivity index is 1.87. The van der Waals surface area contributed by atoms with Crippen LogP contribution in [0.1, 0.15) is 233 Å². The van der Waals surface area contributed by atoms with Crippen LogP contribution in [-0.2, 0) is 0 Å². The number of rotatable bonds is 40. The van der Waals surface area contributed by atoms with Crippen LogP contribution in [0.25, 0.3) is 21.5 Å². The van der Waals surface area contributed by atoms with Gasteiger partial charge in [-0.3, -0.25) is 0 Å². The molecule has 0 amide bonds. The van der Waals surface area contributed by atoms with E-state index in [9.17, 15) is 0 Å². The highest BCUT2D eigenvalue weighted by molar-refractivity contribution is 6.15. The van der Waals surface area contributed by atoms with Crippen molar-refractivity contribution < 1.29 is 18.9 Å². The SMILES string of the molecule is CCCCCCCCCCOc1c2cccc(OCCCCCCCCCC)c2c(OCCCCCCCCCC)c2c(OCCCCCCCCCC)cccc12.